The Morgan fingerprint density at radius 3 is 1.60 bits per heavy atom. The molecule has 138 valence electrons. The van der Waals surface area contributed by atoms with Crippen LogP contribution in [0, 0.1) is 5.82 Å². The first-order valence-corrected chi connectivity index (χ1v) is 9.29. The first kappa shape index (κ1) is 22.1. The van der Waals surface area contributed by atoms with Gasteiger partial charge in [0.15, 0.2) is 0 Å². The minimum Gasteiger partial charge on any atom is -0.384 e. The van der Waals surface area contributed by atoms with Crippen molar-refractivity contribution in [1.82, 2.24) is 0 Å². The van der Waals surface area contributed by atoms with Crippen LogP contribution >= 0.6 is 15.9 Å². The van der Waals surface area contributed by atoms with Crippen molar-refractivity contribution in [3.8, 4) is 0 Å². The van der Waals surface area contributed by atoms with Crippen molar-refractivity contribution in [2.24, 2.45) is 0 Å². The van der Waals surface area contributed by atoms with E-state index in [2.05, 4.69) is 15.9 Å². The normalized spacial score (nSPS) is 11.2. The Hall–Kier alpha value is -0.945. The van der Waals surface area contributed by atoms with E-state index in [4.69, 9.17) is 14.0 Å². The zero-order valence-corrected chi connectivity index (χ0v) is 17.3. The molecule has 0 spiro atoms. The number of halogens is 2. The second-order valence-corrected chi connectivity index (χ2v) is 7.27. The van der Waals surface area contributed by atoms with E-state index < -0.39 is 7.32 Å². The summed E-state index contributed by atoms with van der Waals surface area (Å²) >= 11 is 3.36. The maximum absolute atomic E-state index is 13.1. The van der Waals surface area contributed by atoms with Crippen molar-refractivity contribution >= 4 is 34.0 Å². The van der Waals surface area contributed by atoms with Crippen LogP contribution in [0.2, 0.25) is 0 Å². The lowest BCUT2D eigenvalue weighted by atomic mass is 10.1. The molecule has 3 nitrogen and oxygen atoms in total. The average molecular weight is 413 g/mol. The molecule has 2 aromatic carbocycles. The van der Waals surface area contributed by atoms with Crippen molar-refractivity contribution in [2.45, 2.75) is 59.9 Å². The molecule has 0 aromatic heterocycles. The summed E-state index contributed by atoms with van der Waals surface area (Å²) in [6.07, 6.45) is 0.340. The summed E-state index contributed by atoms with van der Waals surface area (Å²) in [5.74, 6) is -0.172. The molecule has 0 heterocycles. The van der Waals surface area contributed by atoms with Crippen LogP contribution < -0.4 is 0 Å². The molecule has 0 bridgehead atoms. The van der Waals surface area contributed by atoms with Crippen molar-refractivity contribution in [3.05, 3.63) is 46.7 Å². The third-order valence-corrected chi connectivity index (χ3v) is 3.66. The van der Waals surface area contributed by atoms with E-state index in [9.17, 15) is 4.39 Å². The molecule has 0 atom stereocenters. The Kier molecular flexibility index (Phi) is 9.65. The molecular formula is C19H27BBrFO3. The van der Waals surface area contributed by atoms with Gasteiger partial charge in [-0.15, -0.1) is 0 Å². The van der Waals surface area contributed by atoms with Crippen LogP contribution in [0.4, 0.5) is 4.39 Å². The lowest BCUT2D eigenvalue weighted by molar-refractivity contribution is 0.0335. The van der Waals surface area contributed by atoms with Gasteiger partial charge in [-0.05, 0) is 59.1 Å². The van der Waals surface area contributed by atoms with Gasteiger partial charge in [0.25, 0.3) is 0 Å². The Bertz CT molecular complexity index is 585. The van der Waals surface area contributed by atoms with Crippen molar-refractivity contribution in [1.29, 1.82) is 0 Å². The Labute approximate surface area is 159 Å². The molecule has 0 unspecified atom stereocenters. The van der Waals surface area contributed by atoms with E-state index in [1.54, 1.807) is 12.1 Å². The third-order valence-electron chi connectivity index (χ3n) is 2.97. The van der Waals surface area contributed by atoms with Crippen molar-refractivity contribution < 1.29 is 18.4 Å². The van der Waals surface area contributed by atoms with Gasteiger partial charge in [-0.25, -0.2) is 4.39 Å². The zero-order chi connectivity index (χ0) is 19.0. The second-order valence-electron chi connectivity index (χ2n) is 6.42. The van der Waals surface area contributed by atoms with E-state index in [1.807, 2.05) is 59.7 Å². The fourth-order valence-corrected chi connectivity index (χ4v) is 2.47. The number of hydrogen-bond donors (Lipinski definition) is 0. The maximum Gasteiger partial charge on any atom is 0.639 e. The molecule has 0 aliphatic heterocycles. The van der Waals surface area contributed by atoms with Crippen LogP contribution in [0.3, 0.4) is 0 Å². The highest BCUT2D eigenvalue weighted by molar-refractivity contribution is 9.10. The summed E-state index contributed by atoms with van der Waals surface area (Å²) in [7, 11) is -0.542. The summed E-state index contributed by atoms with van der Waals surface area (Å²) in [6.45, 7) is 11.8. The molecule has 0 aliphatic rings. The predicted molar refractivity (Wildman–Crippen MR) is 106 cm³/mol. The molecule has 0 N–H and O–H groups in total. The molecule has 2 aromatic rings. The summed E-state index contributed by atoms with van der Waals surface area (Å²) in [6, 6.07) is 10.6. The minimum atomic E-state index is -0.542. The van der Waals surface area contributed by atoms with E-state index in [0.29, 0.717) is 5.39 Å². The standard InChI is InChI=1S/C10H6BrF.C9H21BO3/c11-9-5-6-10(12)8-4-2-1-3-7(8)9;1-7(2)11-10(12-8(3)4)13-9(5)6/h1-6H;7-9H,1-6H3. The summed E-state index contributed by atoms with van der Waals surface area (Å²) in [4.78, 5) is 0. The van der Waals surface area contributed by atoms with E-state index in [1.165, 1.54) is 6.07 Å². The van der Waals surface area contributed by atoms with E-state index >= 15 is 0 Å². The molecule has 0 amide bonds. The van der Waals surface area contributed by atoms with E-state index in [-0.39, 0.29) is 24.1 Å². The Morgan fingerprint density at radius 2 is 1.20 bits per heavy atom. The summed E-state index contributed by atoms with van der Waals surface area (Å²) < 4.78 is 30.4. The molecule has 0 saturated carbocycles. The fraction of sp³-hybridized carbons (Fsp3) is 0.474. The van der Waals surface area contributed by atoms with Gasteiger partial charge >= 0.3 is 7.32 Å². The van der Waals surface area contributed by atoms with Crippen LogP contribution in [-0.2, 0) is 14.0 Å². The van der Waals surface area contributed by atoms with Gasteiger partial charge < -0.3 is 14.0 Å². The van der Waals surface area contributed by atoms with Crippen LogP contribution in [0.5, 0.6) is 0 Å². The minimum absolute atomic E-state index is 0.113. The number of benzene rings is 2. The molecule has 2 rings (SSSR count). The van der Waals surface area contributed by atoms with Crippen LogP contribution in [-0.4, -0.2) is 25.6 Å². The lowest BCUT2D eigenvalue weighted by Crippen LogP contribution is -2.34. The largest absolute Gasteiger partial charge is 0.639 e. The van der Waals surface area contributed by atoms with Gasteiger partial charge in [0, 0.05) is 28.2 Å². The first-order chi connectivity index (χ1) is 11.7. The molecule has 0 saturated heterocycles. The number of hydrogen-bond acceptors (Lipinski definition) is 3. The first-order valence-electron chi connectivity index (χ1n) is 8.49. The van der Waals surface area contributed by atoms with Gasteiger partial charge in [-0.1, -0.05) is 40.2 Å². The monoisotopic (exact) mass is 412 g/mol. The highest BCUT2D eigenvalue weighted by atomic mass is 79.9. The number of fused-ring (bicyclic) bond motifs is 1. The van der Waals surface area contributed by atoms with Crippen LogP contribution in [0.25, 0.3) is 10.8 Å². The van der Waals surface area contributed by atoms with Gasteiger partial charge in [0.1, 0.15) is 5.82 Å². The summed E-state index contributed by atoms with van der Waals surface area (Å²) in [5, 5.41) is 1.57. The lowest BCUT2D eigenvalue weighted by Gasteiger charge is -2.20. The molecule has 25 heavy (non-hydrogen) atoms. The maximum atomic E-state index is 13.1. The number of rotatable bonds is 6. The van der Waals surface area contributed by atoms with Gasteiger partial charge in [0.2, 0.25) is 0 Å². The predicted octanol–water partition coefficient (Wildman–Crippen LogP) is 5.99. The zero-order valence-electron chi connectivity index (χ0n) is 15.8. The molecule has 6 heteroatoms. The molecule has 0 radical (unpaired) electrons. The van der Waals surface area contributed by atoms with E-state index in [0.717, 1.165) is 9.86 Å². The second kappa shape index (κ2) is 10.9. The van der Waals surface area contributed by atoms with Crippen LogP contribution in [0.1, 0.15) is 41.5 Å². The topological polar surface area (TPSA) is 27.7 Å². The molecule has 0 fully saturated rings. The van der Waals surface area contributed by atoms with Gasteiger partial charge in [-0.2, -0.15) is 0 Å². The Morgan fingerprint density at radius 1 is 0.760 bits per heavy atom. The fourth-order valence-electron chi connectivity index (χ4n) is 1.99. The van der Waals surface area contributed by atoms with Crippen molar-refractivity contribution in [2.75, 3.05) is 0 Å². The Balaban J connectivity index is 0.000000250. The van der Waals surface area contributed by atoms with Gasteiger partial charge in [-0.3, -0.25) is 0 Å². The molecule has 0 aliphatic carbocycles. The highest BCUT2D eigenvalue weighted by Crippen LogP contribution is 2.25. The van der Waals surface area contributed by atoms with Crippen LogP contribution in [0.15, 0.2) is 40.9 Å². The molecular weight excluding hydrogens is 386 g/mol. The third kappa shape index (κ3) is 8.32. The summed E-state index contributed by atoms with van der Waals surface area (Å²) in [5.41, 5.74) is 0. The average Bonchev–Trinajstić information content (AvgIpc) is 2.50. The van der Waals surface area contributed by atoms with Crippen molar-refractivity contribution in [3.63, 3.8) is 0 Å². The quantitative estimate of drug-likeness (QED) is 0.545. The SMILES string of the molecule is CC(C)OB(OC(C)C)OC(C)C.Fc1ccc(Br)c2ccccc12. The smallest absolute Gasteiger partial charge is 0.384 e. The van der Waals surface area contributed by atoms with Gasteiger partial charge in [0.05, 0.1) is 0 Å². The highest BCUT2D eigenvalue weighted by Gasteiger charge is 2.25.